The van der Waals surface area contributed by atoms with Gasteiger partial charge in [-0.2, -0.15) is 0 Å². The van der Waals surface area contributed by atoms with E-state index in [0.717, 1.165) is 22.0 Å². The van der Waals surface area contributed by atoms with Crippen molar-refractivity contribution in [2.45, 2.75) is 20.3 Å². The predicted molar refractivity (Wildman–Crippen MR) is 57.3 cm³/mol. The van der Waals surface area contributed by atoms with Crippen LogP contribution in [0.15, 0.2) is 34.4 Å². The van der Waals surface area contributed by atoms with Gasteiger partial charge in [0.2, 0.25) is 0 Å². The fraction of sp³-hybridized carbons (Fsp3) is 0.400. The number of aliphatic hydroxyl groups is 1. The molecule has 1 nitrogen and oxygen atoms in total. The lowest BCUT2D eigenvalue weighted by molar-refractivity contribution is 0.333. The lowest BCUT2D eigenvalue weighted by Gasteiger charge is -2.04. The topological polar surface area (TPSA) is 20.2 Å². The maximum absolute atomic E-state index is 8.85. The lowest BCUT2D eigenvalue weighted by atomic mass is 10.1. The minimum atomic E-state index is 0.0314. The fourth-order valence-corrected chi connectivity index (χ4v) is 1.08. The van der Waals surface area contributed by atoms with Crippen LogP contribution in [-0.2, 0) is 0 Å². The Bertz CT molecular complexity index is 214. The number of halogens is 1. The van der Waals surface area contributed by atoms with Crippen molar-refractivity contribution in [3.63, 3.8) is 0 Å². The van der Waals surface area contributed by atoms with E-state index in [-0.39, 0.29) is 6.61 Å². The summed E-state index contributed by atoms with van der Waals surface area (Å²) >= 11 is 3.38. The normalized spacial score (nSPS) is 13.3. The molecule has 68 valence electrons. The molecule has 0 bridgehead atoms. The van der Waals surface area contributed by atoms with Gasteiger partial charge < -0.3 is 5.11 Å². The summed E-state index contributed by atoms with van der Waals surface area (Å²) in [5.74, 6) is 0. The zero-order valence-electron chi connectivity index (χ0n) is 7.60. The highest BCUT2D eigenvalue weighted by Crippen LogP contribution is 2.17. The third kappa shape index (κ3) is 3.88. The van der Waals surface area contributed by atoms with Crippen molar-refractivity contribution in [3.8, 4) is 0 Å². The molecule has 2 heteroatoms. The van der Waals surface area contributed by atoms with E-state index in [1.54, 1.807) is 0 Å². The molecule has 0 aliphatic carbocycles. The quantitative estimate of drug-likeness (QED) is 0.737. The molecule has 0 aromatic carbocycles. The molecule has 0 fully saturated rings. The summed E-state index contributed by atoms with van der Waals surface area (Å²) in [6.45, 7) is 7.79. The first-order chi connectivity index (χ1) is 5.65. The molecule has 0 saturated heterocycles. The molecule has 0 radical (unpaired) electrons. The maximum Gasteiger partial charge on any atom is 0.0678 e. The molecule has 0 aliphatic rings. The fourth-order valence-electron chi connectivity index (χ4n) is 0.805. The number of hydrogen-bond donors (Lipinski definition) is 1. The van der Waals surface area contributed by atoms with Gasteiger partial charge in [-0.15, -0.1) is 0 Å². The van der Waals surface area contributed by atoms with Crippen molar-refractivity contribution < 1.29 is 5.11 Å². The van der Waals surface area contributed by atoms with Crippen LogP contribution in [0.4, 0.5) is 0 Å². The molecular weight excluding hydrogens is 216 g/mol. The van der Waals surface area contributed by atoms with E-state index in [1.165, 1.54) is 0 Å². The highest BCUT2D eigenvalue weighted by molar-refractivity contribution is 9.11. The van der Waals surface area contributed by atoms with Crippen molar-refractivity contribution in [1.82, 2.24) is 0 Å². The number of allylic oxidation sites excluding steroid dienone is 3. The van der Waals surface area contributed by atoms with Crippen molar-refractivity contribution in [2.75, 3.05) is 6.61 Å². The van der Waals surface area contributed by atoms with Crippen LogP contribution in [0.25, 0.3) is 0 Å². The number of hydrogen-bond acceptors (Lipinski definition) is 1. The largest absolute Gasteiger partial charge is 0.392 e. The zero-order chi connectivity index (χ0) is 9.56. The molecule has 0 aromatic heterocycles. The van der Waals surface area contributed by atoms with Gasteiger partial charge in [0, 0.05) is 4.48 Å². The molecule has 0 atom stereocenters. The van der Waals surface area contributed by atoms with Crippen LogP contribution in [-0.4, -0.2) is 11.7 Å². The summed E-state index contributed by atoms with van der Waals surface area (Å²) in [6.07, 6.45) is 4.83. The summed E-state index contributed by atoms with van der Waals surface area (Å²) in [7, 11) is 0. The van der Waals surface area contributed by atoms with Crippen molar-refractivity contribution >= 4 is 15.9 Å². The molecule has 0 heterocycles. The molecular formula is C10H15BrO. The highest BCUT2D eigenvalue weighted by atomic mass is 79.9. The first-order valence-corrected chi connectivity index (χ1v) is 4.76. The first kappa shape index (κ1) is 11.7. The Balaban J connectivity index is 4.54. The Morgan fingerprint density at radius 2 is 2.17 bits per heavy atom. The van der Waals surface area contributed by atoms with Gasteiger partial charge >= 0.3 is 0 Å². The second-order valence-corrected chi connectivity index (χ2v) is 3.37. The van der Waals surface area contributed by atoms with Crippen molar-refractivity contribution in [2.24, 2.45) is 0 Å². The molecule has 0 aliphatic heterocycles. The van der Waals surface area contributed by atoms with E-state index in [2.05, 4.69) is 22.5 Å². The summed E-state index contributed by atoms with van der Waals surface area (Å²) in [5.41, 5.74) is 1.87. The average molecular weight is 231 g/mol. The van der Waals surface area contributed by atoms with Gasteiger partial charge in [-0.3, -0.25) is 0 Å². The molecule has 0 saturated carbocycles. The molecule has 0 rings (SSSR count). The van der Waals surface area contributed by atoms with Crippen LogP contribution >= 0.6 is 15.9 Å². The summed E-state index contributed by atoms with van der Waals surface area (Å²) in [4.78, 5) is 0. The Kier molecular flexibility index (Phi) is 6.03. The number of aliphatic hydroxyl groups excluding tert-OH is 1. The van der Waals surface area contributed by atoms with Crippen LogP contribution < -0.4 is 0 Å². The molecule has 0 aromatic rings. The van der Waals surface area contributed by atoms with Crippen LogP contribution in [0.5, 0.6) is 0 Å². The second-order valence-electron chi connectivity index (χ2n) is 2.46. The molecule has 1 N–H and O–H groups in total. The summed E-state index contributed by atoms with van der Waals surface area (Å²) in [5, 5.41) is 8.85. The summed E-state index contributed by atoms with van der Waals surface area (Å²) in [6, 6.07) is 0. The standard InChI is InChI=1S/C10H15BrO/c1-4-9(8(3)7-12)6-10(11)5-2/h5-6,12H,3-4,7H2,1-2H3/b9-6-,10-5+. The molecule has 0 amide bonds. The van der Waals surface area contributed by atoms with Crippen LogP contribution in [0, 0.1) is 0 Å². The van der Waals surface area contributed by atoms with Gasteiger partial charge in [0.25, 0.3) is 0 Å². The Hall–Kier alpha value is -0.340. The van der Waals surface area contributed by atoms with E-state index in [4.69, 9.17) is 5.11 Å². The summed E-state index contributed by atoms with van der Waals surface area (Å²) < 4.78 is 1.02. The van der Waals surface area contributed by atoms with E-state index in [0.29, 0.717) is 0 Å². The van der Waals surface area contributed by atoms with Gasteiger partial charge in [-0.05, 0) is 30.6 Å². The predicted octanol–water partition coefficient (Wildman–Crippen LogP) is 3.17. The highest BCUT2D eigenvalue weighted by Gasteiger charge is 1.98. The Morgan fingerprint density at radius 3 is 2.50 bits per heavy atom. The third-order valence-electron chi connectivity index (χ3n) is 1.61. The molecule has 0 spiro atoms. The average Bonchev–Trinajstić information content (AvgIpc) is 2.12. The SMILES string of the molecule is C=C(CO)/C(=C\C(Br)=C/C)CC. The minimum Gasteiger partial charge on any atom is -0.392 e. The van der Waals surface area contributed by atoms with Gasteiger partial charge in [0.1, 0.15) is 0 Å². The van der Waals surface area contributed by atoms with Gasteiger partial charge in [0.15, 0.2) is 0 Å². The van der Waals surface area contributed by atoms with Crippen molar-refractivity contribution in [3.05, 3.63) is 34.4 Å². The van der Waals surface area contributed by atoms with Crippen LogP contribution in [0.2, 0.25) is 0 Å². The Labute approximate surface area is 82.6 Å². The second kappa shape index (κ2) is 6.21. The van der Waals surface area contributed by atoms with Gasteiger partial charge in [-0.25, -0.2) is 0 Å². The van der Waals surface area contributed by atoms with Crippen molar-refractivity contribution in [1.29, 1.82) is 0 Å². The Morgan fingerprint density at radius 1 is 1.58 bits per heavy atom. The van der Waals surface area contributed by atoms with Crippen LogP contribution in [0.3, 0.4) is 0 Å². The van der Waals surface area contributed by atoms with Crippen LogP contribution in [0.1, 0.15) is 20.3 Å². The minimum absolute atomic E-state index is 0.0314. The maximum atomic E-state index is 8.85. The van der Waals surface area contributed by atoms with E-state index in [9.17, 15) is 0 Å². The third-order valence-corrected chi connectivity index (χ3v) is 2.30. The smallest absolute Gasteiger partial charge is 0.0678 e. The van der Waals surface area contributed by atoms with E-state index >= 15 is 0 Å². The monoisotopic (exact) mass is 230 g/mol. The van der Waals surface area contributed by atoms with E-state index in [1.807, 2.05) is 26.0 Å². The molecule has 12 heavy (non-hydrogen) atoms. The first-order valence-electron chi connectivity index (χ1n) is 3.97. The zero-order valence-corrected chi connectivity index (χ0v) is 9.19. The molecule has 0 unspecified atom stereocenters. The van der Waals surface area contributed by atoms with Gasteiger partial charge in [0.05, 0.1) is 6.61 Å². The van der Waals surface area contributed by atoms with E-state index < -0.39 is 0 Å². The lowest BCUT2D eigenvalue weighted by Crippen LogP contribution is -1.92. The van der Waals surface area contributed by atoms with Gasteiger partial charge in [-0.1, -0.05) is 35.5 Å². The number of rotatable bonds is 4.